The zero-order valence-corrected chi connectivity index (χ0v) is 17.3. The molecule has 0 aliphatic heterocycles. The van der Waals surface area contributed by atoms with Crippen LogP contribution in [-0.2, 0) is 23.1 Å². The average molecular weight is 473 g/mol. The fraction of sp³-hybridized carbons (Fsp3) is 0.125. The average Bonchev–Trinajstić information content (AvgIpc) is 3.27. The second-order valence-electron chi connectivity index (χ2n) is 5.33. The Kier molecular flexibility index (Phi) is 5.88. The summed E-state index contributed by atoms with van der Waals surface area (Å²) in [6.45, 7) is 0.413. The summed E-state index contributed by atoms with van der Waals surface area (Å²) in [4.78, 5) is 12.2. The zero-order valence-electron chi connectivity index (χ0n) is 13.2. The lowest BCUT2D eigenvalue weighted by atomic mass is 10.3. The summed E-state index contributed by atoms with van der Waals surface area (Å²) in [5, 5.41) is 14.9. The molecule has 0 bridgehead atoms. The van der Waals surface area contributed by atoms with Crippen molar-refractivity contribution >= 4 is 54.3 Å². The normalized spacial score (nSPS) is 11.8. The van der Waals surface area contributed by atoms with E-state index in [-0.39, 0.29) is 23.7 Å². The van der Waals surface area contributed by atoms with Crippen molar-refractivity contribution in [2.75, 3.05) is 0 Å². The van der Waals surface area contributed by atoms with Gasteiger partial charge in [0, 0.05) is 39.4 Å². The number of thiophene rings is 2. The van der Waals surface area contributed by atoms with E-state index in [2.05, 4.69) is 15.9 Å². The van der Waals surface area contributed by atoms with Crippen molar-refractivity contribution in [2.24, 2.45) is 0 Å². The van der Waals surface area contributed by atoms with E-state index in [1.54, 1.807) is 0 Å². The third-order valence-electron chi connectivity index (χ3n) is 3.53. The number of rotatable bonds is 7. The molecule has 0 saturated heterocycles. The van der Waals surface area contributed by atoms with Crippen molar-refractivity contribution in [1.29, 1.82) is 0 Å². The number of hydrogen-bond acceptors (Lipinski definition) is 6. The number of sulfonamides is 1. The Balaban J connectivity index is 2.02. The summed E-state index contributed by atoms with van der Waals surface area (Å²) in [7, 11) is -3.92. The fourth-order valence-corrected chi connectivity index (χ4v) is 6.03. The molecule has 3 aromatic rings. The number of nitro benzene ring substituents is 1. The maximum atomic E-state index is 13.2. The number of non-ortho nitro benzene ring substituents is 1. The van der Waals surface area contributed by atoms with Gasteiger partial charge in [-0.2, -0.15) is 4.31 Å². The van der Waals surface area contributed by atoms with E-state index < -0.39 is 14.9 Å². The van der Waals surface area contributed by atoms with Crippen LogP contribution in [-0.4, -0.2) is 17.6 Å². The summed E-state index contributed by atoms with van der Waals surface area (Å²) in [5.41, 5.74) is -0.273. The Hall–Kier alpha value is -1.59. The second-order valence-corrected chi connectivity index (χ2v) is 10.3. The molecule has 0 aliphatic carbocycles. The fourth-order valence-electron chi connectivity index (χ4n) is 2.33. The van der Waals surface area contributed by atoms with Crippen LogP contribution in [0.4, 0.5) is 5.69 Å². The quantitative estimate of drug-likeness (QED) is 0.362. The van der Waals surface area contributed by atoms with Crippen LogP contribution in [0.25, 0.3) is 0 Å². The van der Waals surface area contributed by atoms with Gasteiger partial charge in [0.2, 0.25) is 10.0 Å². The lowest BCUT2D eigenvalue weighted by molar-refractivity contribution is -0.385. The number of nitro groups is 1. The van der Waals surface area contributed by atoms with E-state index in [1.807, 2.05) is 35.0 Å². The molecule has 2 heterocycles. The largest absolute Gasteiger partial charge is 0.271 e. The minimum Gasteiger partial charge on any atom is -0.258 e. The van der Waals surface area contributed by atoms with Crippen LogP contribution in [0.15, 0.2) is 62.6 Å². The molecular weight excluding hydrogens is 460 g/mol. The summed E-state index contributed by atoms with van der Waals surface area (Å²) < 4.78 is 28.1. The van der Waals surface area contributed by atoms with Gasteiger partial charge >= 0.3 is 0 Å². The highest BCUT2D eigenvalue weighted by Gasteiger charge is 2.28. The van der Waals surface area contributed by atoms with Gasteiger partial charge in [0.15, 0.2) is 0 Å². The molecule has 0 radical (unpaired) electrons. The highest BCUT2D eigenvalue weighted by Crippen LogP contribution is 2.29. The molecule has 0 N–H and O–H groups in total. The van der Waals surface area contributed by atoms with E-state index >= 15 is 0 Å². The first-order valence-corrected chi connectivity index (χ1v) is 11.4. The van der Waals surface area contributed by atoms with Crippen molar-refractivity contribution in [3.8, 4) is 0 Å². The maximum absolute atomic E-state index is 13.2. The Morgan fingerprint density at radius 1 is 1.04 bits per heavy atom. The molecular formula is C16H13BrN2O4S3. The molecule has 6 nitrogen and oxygen atoms in total. The van der Waals surface area contributed by atoms with Gasteiger partial charge < -0.3 is 0 Å². The molecule has 0 aliphatic rings. The van der Waals surface area contributed by atoms with Gasteiger partial charge in [-0.3, -0.25) is 10.1 Å². The molecule has 1 aromatic carbocycles. The van der Waals surface area contributed by atoms with Crippen LogP contribution in [0.2, 0.25) is 0 Å². The third kappa shape index (κ3) is 4.38. The molecule has 0 spiro atoms. The monoisotopic (exact) mass is 472 g/mol. The Labute approximate surface area is 167 Å². The SMILES string of the molecule is O=[N+]([O-])c1cc(Br)cc(S(=O)(=O)N(Cc2cccs2)Cc2cccs2)c1. The van der Waals surface area contributed by atoms with E-state index in [1.165, 1.54) is 39.1 Å². The van der Waals surface area contributed by atoms with Gasteiger partial charge in [0.25, 0.3) is 5.69 Å². The van der Waals surface area contributed by atoms with Gasteiger partial charge in [-0.05, 0) is 29.0 Å². The molecule has 3 rings (SSSR count). The molecule has 0 fully saturated rings. The molecule has 136 valence electrons. The van der Waals surface area contributed by atoms with Gasteiger partial charge in [-0.1, -0.05) is 28.1 Å². The van der Waals surface area contributed by atoms with Crippen molar-refractivity contribution in [2.45, 2.75) is 18.0 Å². The molecule has 0 atom stereocenters. The predicted molar refractivity (Wildman–Crippen MR) is 106 cm³/mol. The predicted octanol–water partition coefficient (Wildman–Crippen LogP) is 4.87. The van der Waals surface area contributed by atoms with E-state index in [0.29, 0.717) is 4.47 Å². The van der Waals surface area contributed by atoms with Gasteiger partial charge in [0.1, 0.15) is 0 Å². The van der Waals surface area contributed by atoms with Crippen molar-refractivity contribution < 1.29 is 13.3 Å². The molecule has 0 amide bonds. The summed E-state index contributed by atoms with van der Waals surface area (Å²) in [6.07, 6.45) is 0. The van der Waals surface area contributed by atoms with Crippen LogP contribution in [0.1, 0.15) is 9.75 Å². The summed E-state index contributed by atoms with van der Waals surface area (Å²) in [5.74, 6) is 0. The highest BCUT2D eigenvalue weighted by molar-refractivity contribution is 9.10. The van der Waals surface area contributed by atoms with Crippen LogP contribution in [0.5, 0.6) is 0 Å². The van der Waals surface area contributed by atoms with Crippen LogP contribution in [0, 0.1) is 10.1 Å². The summed E-state index contributed by atoms with van der Waals surface area (Å²) in [6, 6.07) is 11.2. The van der Waals surface area contributed by atoms with Gasteiger partial charge in [0.05, 0.1) is 9.82 Å². The lowest BCUT2D eigenvalue weighted by Gasteiger charge is -2.21. The standard InChI is InChI=1S/C16H13BrN2O4S3/c17-12-7-13(19(20)21)9-16(8-12)26(22,23)18(10-14-3-1-5-24-14)11-15-4-2-6-25-15/h1-9H,10-11H2. The zero-order chi connectivity index (χ0) is 18.7. The van der Waals surface area contributed by atoms with E-state index in [0.717, 1.165) is 15.8 Å². The molecule has 0 unspecified atom stereocenters. The molecule has 2 aromatic heterocycles. The molecule has 26 heavy (non-hydrogen) atoms. The third-order valence-corrected chi connectivity index (χ3v) is 7.48. The van der Waals surface area contributed by atoms with Gasteiger partial charge in [-0.15, -0.1) is 22.7 Å². The second kappa shape index (κ2) is 7.97. The van der Waals surface area contributed by atoms with Crippen molar-refractivity contribution in [3.63, 3.8) is 0 Å². The van der Waals surface area contributed by atoms with E-state index in [4.69, 9.17) is 0 Å². The maximum Gasteiger partial charge on any atom is 0.271 e. The van der Waals surface area contributed by atoms with Gasteiger partial charge in [-0.25, -0.2) is 8.42 Å². The van der Waals surface area contributed by atoms with Crippen LogP contribution < -0.4 is 0 Å². The first kappa shape index (κ1) is 19.2. The van der Waals surface area contributed by atoms with Crippen molar-refractivity contribution in [3.05, 3.63) is 77.6 Å². The lowest BCUT2D eigenvalue weighted by Crippen LogP contribution is -2.29. The number of hydrogen-bond donors (Lipinski definition) is 0. The van der Waals surface area contributed by atoms with Crippen molar-refractivity contribution in [1.82, 2.24) is 4.31 Å². The first-order valence-electron chi connectivity index (χ1n) is 7.36. The topological polar surface area (TPSA) is 80.5 Å². The Morgan fingerprint density at radius 2 is 1.62 bits per heavy atom. The highest BCUT2D eigenvalue weighted by atomic mass is 79.9. The smallest absolute Gasteiger partial charge is 0.258 e. The van der Waals surface area contributed by atoms with Crippen LogP contribution >= 0.6 is 38.6 Å². The minimum atomic E-state index is -3.92. The molecule has 0 saturated carbocycles. The first-order chi connectivity index (χ1) is 12.4. The minimum absolute atomic E-state index is 0.105. The van der Waals surface area contributed by atoms with Crippen LogP contribution in [0.3, 0.4) is 0 Å². The molecule has 10 heteroatoms. The number of nitrogens with zero attached hydrogens (tertiary/aromatic N) is 2. The Morgan fingerprint density at radius 3 is 2.08 bits per heavy atom. The van der Waals surface area contributed by atoms with E-state index in [9.17, 15) is 18.5 Å². The number of benzene rings is 1. The number of halogens is 1. The Bertz CT molecular complexity index is 966. The summed E-state index contributed by atoms with van der Waals surface area (Å²) >= 11 is 6.09.